The van der Waals surface area contributed by atoms with Crippen LogP contribution < -0.4 is 0 Å². The van der Waals surface area contributed by atoms with E-state index < -0.39 is 28.1 Å². The van der Waals surface area contributed by atoms with Crippen molar-refractivity contribution in [2.75, 3.05) is 0 Å². The molecular weight excluding hydrogens is 345 g/mol. The summed E-state index contributed by atoms with van der Waals surface area (Å²) in [6.45, 7) is 1.80. The van der Waals surface area contributed by atoms with E-state index in [1.165, 1.54) is 12.1 Å². The van der Waals surface area contributed by atoms with Gasteiger partial charge in [-0.25, -0.2) is 0 Å². The molecule has 0 bridgehead atoms. The predicted molar refractivity (Wildman–Crippen MR) is 78.7 cm³/mol. The fourth-order valence-electron chi connectivity index (χ4n) is 2.76. The Morgan fingerprint density at radius 2 is 1.92 bits per heavy atom. The van der Waals surface area contributed by atoms with Crippen LogP contribution in [0.5, 0.6) is 0 Å². The summed E-state index contributed by atoms with van der Waals surface area (Å²) < 4.78 is 69.2. The fourth-order valence-corrected chi connectivity index (χ4v) is 3.84. The monoisotopic (exact) mass is 360 g/mol. The van der Waals surface area contributed by atoms with Gasteiger partial charge in [0.2, 0.25) is 0 Å². The topological polar surface area (TPSA) is 72.1 Å². The van der Waals surface area contributed by atoms with Gasteiger partial charge in [-0.05, 0) is 38.3 Å². The van der Waals surface area contributed by atoms with E-state index in [9.17, 15) is 21.6 Å². The number of hydrogen-bond acceptors (Lipinski definition) is 4. The first-order valence-corrected chi connectivity index (χ1v) is 8.73. The van der Waals surface area contributed by atoms with Crippen molar-refractivity contribution >= 4 is 10.1 Å². The molecule has 2 aromatic rings. The highest BCUT2D eigenvalue weighted by atomic mass is 32.2. The van der Waals surface area contributed by atoms with Gasteiger partial charge in [0.15, 0.2) is 5.69 Å². The number of aryl methyl sites for hydroxylation is 2. The standard InChI is InChI=1S/C15H15F3N2O3S/c1-9-5-7-10(8-6-9)24(21,22)23-12-4-2-3-11-13(12)14(20-19-11)15(16,17)18/h5-8,12H,2-4H2,1H3,(H,19,20). The summed E-state index contributed by atoms with van der Waals surface area (Å²) >= 11 is 0. The maximum atomic E-state index is 13.1. The van der Waals surface area contributed by atoms with Gasteiger partial charge in [-0.1, -0.05) is 17.7 Å². The first-order valence-electron chi connectivity index (χ1n) is 7.33. The van der Waals surface area contributed by atoms with Crippen molar-refractivity contribution in [3.63, 3.8) is 0 Å². The van der Waals surface area contributed by atoms with Crippen molar-refractivity contribution < 1.29 is 25.8 Å². The molecule has 3 rings (SSSR count). The third-order valence-corrected chi connectivity index (χ3v) is 5.25. The van der Waals surface area contributed by atoms with Crippen molar-refractivity contribution in [1.82, 2.24) is 10.2 Å². The second-order valence-electron chi connectivity index (χ2n) is 5.71. The van der Waals surface area contributed by atoms with Crippen LogP contribution in [0, 0.1) is 6.92 Å². The van der Waals surface area contributed by atoms with Gasteiger partial charge in [0.25, 0.3) is 10.1 Å². The third kappa shape index (κ3) is 3.18. The van der Waals surface area contributed by atoms with Gasteiger partial charge < -0.3 is 0 Å². The summed E-state index contributed by atoms with van der Waals surface area (Å²) in [5.41, 5.74) is -0.175. The first kappa shape index (κ1) is 17.0. The zero-order valence-electron chi connectivity index (χ0n) is 12.7. The molecule has 0 saturated carbocycles. The number of aromatic amines is 1. The highest BCUT2D eigenvalue weighted by Crippen LogP contribution is 2.41. The van der Waals surface area contributed by atoms with Gasteiger partial charge in [0.1, 0.15) is 6.10 Å². The van der Waals surface area contributed by atoms with E-state index in [4.69, 9.17) is 4.18 Å². The second kappa shape index (κ2) is 5.89. The zero-order chi connectivity index (χ0) is 17.5. The molecule has 1 heterocycles. The molecule has 1 aliphatic rings. The smallest absolute Gasteiger partial charge is 0.282 e. The molecule has 0 saturated heterocycles. The summed E-state index contributed by atoms with van der Waals surface area (Å²) in [5.74, 6) is 0. The number of aromatic nitrogens is 2. The van der Waals surface area contributed by atoms with Crippen molar-refractivity contribution in [3.8, 4) is 0 Å². The van der Waals surface area contributed by atoms with E-state index in [1.807, 2.05) is 0 Å². The lowest BCUT2D eigenvalue weighted by Gasteiger charge is -2.23. The molecular formula is C15H15F3N2O3S. The molecule has 1 aromatic heterocycles. The van der Waals surface area contributed by atoms with E-state index >= 15 is 0 Å². The van der Waals surface area contributed by atoms with E-state index in [0.717, 1.165) is 5.56 Å². The third-order valence-electron chi connectivity index (χ3n) is 3.92. The lowest BCUT2D eigenvalue weighted by Crippen LogP contribution is -2.20. The van der Waals surface area contributed by atoms with Crippen molar-refractivity contribution in [2.24, 2.45) is 0 Å². The number of benzene rings is 1. The van der Waals surface area contributed by atoms with Crippen LogP contribution >= 0.6 is 0 Å². The normalized spacial score (nSPS) is 18.4. The van der Waals surface area contributed by atoms with E-state index in [2.05, 4.69) is 10.2 Å². The van der Waals surface area contributed by atoms with Crippen LogP contribution in [0.3, 0.4) is 0 Å². The first-order chi connectivity index (χ1) is 11.2. The molecule has 1 aromatic carbocycles. The number of rotatable bonds is 3. The molecule has 0 radical (unpaired) electrons. The van der Waals surface area contributed by atoms with Crippen LogP contribution in [0.25, 0.3) is 0 Å². The van der Waals surface area contributed by atoms with Crippen LogP contribution in [0.2, 0.25) is 0 Å². The van der Waals surface area contributed by atoms with Gasteiger partial charge in [0.05, 0.1) is 4.90 Å². The van der Waals surface area contributed by atoms with Gasteiger partial charge >= 0.3 is 6.18 Å². The Labute approximate surface area is 137 Å². The summed E-state index contributed by atoms with van der Waals surface area (Å²) in [6.07, 6.45) is -4.80. The summed E-state index contributed by atoms with van der Waals surface area (Å²) in [4.78, 5) is -0.0859. The Morgan fingerprint density at radius 1 is 1.25 bits per heavy atom. The highest BCUT2D eigenvalue weighted by molar-refractivity contribution is 7.86. The Bertz CT molecular complexity index is 842. The van der Waals surface area contributed by atoms with Crippen molar-refractivity contribution in [2.45, 2.75) is 43.4 Å². The average Bonchev–Trinajstić information content (AvgIpc) is 2.92. The van der Waals surface area contributed by atoms with Gasteiger partial charge in [-0.15, -0.1) is 0 Å². The van der Waals surface area contributed by atoms with Crippen LogP contribution in [0.1, 0.15) is 41.5 Å². The molecule has 0 aliphatic heterocycles. The number of H-pyrrole nitrogens is 1. The highest BCUT2D eigenvalue weighted by Gasteiger charge is 2.42. The molecule has 1 N–H and O–H groups in total. The number of alkyl halides is 3. The maximum absolute atomic E-state index is 13.1. The zero-order valence-corrected chi connectivity index (χ0v) is 13.5. The Balaban J connectivity index is 1.95. The number of halogens is 3. The van der Waals surface area contributed by atoms with E-state index in [0.29, 0.717) is 12.8 Å². The molecule has 130 valence electrons. The molecule has 1 aliphatic carbocycles. The minimum atomic E-state index is -4.67. The SMILES string of the molecule is Cc1ccc(S(=O)(=O)OC2CCCc3[nH]nc(C(F)(F)F)c32)cc1. The number of hydrogen-bond donors (Lipinski definition) is 1. The number of nitrogens with zero attached hydrogens (tertiary/aromatic N) is 1. The molecule has 0 fully saturated rings. The Morgan fingerprint density at radius 3 is 2.54 bits per heavy atom. The molecule has 1 atom stereocenters. The van der Waals surface area contributed by atoms with E-state index in [1.54, 1.807) is 19.1 Å². The Kier molecular flexibility index (Phi) is 4.16. The van der Waals surface area contributed by atoms with Crippen LogP contribution in [0.15, 0.2) is 29.2 Å². The largest absolute Gasteiger partial charge is 0.435 e. The number of nitrogens with one attached hydrogen (secondary N) is 1. The quantitative estimate of drug-likeness (QED) is 0.850. The van der Waals surface area contributed by atoms with E-state index in [-0.39, 0.29) is 22.6 Å². The minimum Gasteiger partial charge on any atom is -0.282 e. The summed E-state index contributed by atoms with van der Waals surface area (Å²) in [7, 11) is -4.17. The predicted octanol–water partition coefficient (Wildman–Crippen LogP) is 3.52. The van der Waals surface area contributed by atoms with Crippen LogP contribution in [-0.2, 0) is 26.9 Å². The molecule has 0 spiro atoms. The summed E-state index contributed by atoms with van der Waals surface area (Å²) in [6, 6.07) is 5.94. The molecule has 1 unspecified atom stereocenters. The minimum absolute atomic E-state index is 0.0859. The van der Waals surface area contributed by atoms with Gasteiger partial charge in [0, 0.05) is 11.3 Å². The lowest BCUT2D eigenvalue weighted by molar-refractivity contribution is -0.142. The summed E-state index contributed by atoms with van der Waals surface area (Å²) in [5, 5.41) is 5.66. The maximum Gasteiger partial charge on any atom is 0.435 e. The van der Waals surface area contributed by atoms with Crippen molar-refractivity contribution in [1.29, 1.82) is 0 Å². The average molecular weight is 360 g/mol. The Hall–Kier alpha value is -1.87. The second-order valence-corrected chi connectivity index (χ2v) is 7.28. The molecule has 24 heavy (non-hydrogen) atoms. The van der Waals surface area contributed by atoms with Gasteiger partial charge in [-0.2, -0.15) is 26.7 Å². The van der Waals surface area contributed by atoms with Crippen LogP contribution in [0.4, 0.5) is 13.2 Å². The molecule has 5 nitrogen and oxygen atoms in total. The molecule has 9 heteroatoms. The molecule has 0 amide bonds. The van der Waals surface area contributed by atoms with Gasteiger partial charge in [-0.3, -0.25) is 9.28 Å². The fraction of sp³-hybridized carbons (Fsp3) is 0.400. The van der Waals surface area contributed by atoms with Crippen LogP contribution in [-0.4, -0.2) is 18.6 Å². The number of fused-ring (bicyclic) bond motifs is 1. The lowest BCUT2D eigenvalue weighted by atomic mass is 9.93. The van der Waals surface area contributed by atoms with Crippen molar-refractivity contribution in [3.05, 3.63) is 46.8 Å².